The van der Waals surface area contributed by atoms with Crippen molar-refractivity contribution in [3.05, 3.63) is 35.9 Å². The predicted octanol–water partition coefficient (Wildman–Crippen LogP) is 1.66. The molecule has 1 aromatic rings. The van der Waals surface area contributed by atoms with Gasteiger partial charge in [0.15, 0.2) is 0 Å². The van der Waals surface area contributed by atoms with Gasteiger partial charge in [0.05, 0.1) is 19.3 Å². The fourth-order valence-electron chi connectivity index (χ4n) is 2.35. The van der Waals surface area contributed by atoms with Crippen molar-refractivity contribution in [3.63, 3.8) is 0 Å². The molecule has 1 atom stereocenters. The van der Waals surface area contributed by atoms with Crippen LogP contribution in [0.25, 0.3) is 0 Å². The van der Waals surface area contributed by atoms with Crippen molar-refractivity contribution in [1.29, 1.82) is 0 Å². The largest absolute Gasteiger partial charge is 0.394 e. The van der Waals surface area contributed by atoms with Crippen LogP contribution in [-0.4, -0.2) is 42.4 Å². The summed E-state index contributed by atoms with van der Waals surface area (Å²) in [6.45, 7) is 3.71. The van der Waals surface area contributed by atoms with E-state index in [1.807, 2.05) is 6.07 Å². The number of benzene rings is 1. The third-order valence-corrected chi connectivity index (χ3v) is 3.16. The zero-order valence-corrected chi connectivity index (χ0v) is 10.2. The van der Waals surface area contributed by atoms with Crippen LogP contribution in [0.2, 0.25) is 0 Å². The molecule has 1 aliphatic rings. The minimum absolute atomic E-state index is 0.120. The maximum Gasteiger partial charge on any atom is 0.0703 e. The summed E-state index contributed by atoms with van der Waals surface area (Å²) in [6.07, 6.45) is 2.59. The van der Waals surface area contributed by atoms with Crippen molar-refractivity contribution in [1.82, 2.24) is 4.90 Å². The summed E-state index contributed by atoms with van der Waals surface area (Å²) in [5, 5.41) is 8.76. The molecule has 1 N–H and O–H groups in total. The number of ether oxygens (including phenoxy) is 1. The van der Waals surface area contributed by atoms with Crippen LogP contribution in [-0.2, 0) is 11.3 Å². The van der Waals surface area contributed by atoms with Crippen LogP contribution in [0.1, 0.15) is 18.4 Å². The first-order chi connectivity index (χ1) is 8.38. The van der Waals surface area contributed by atoms with Gasteiger partial charge in [-0.05, 0) is 24.9 Å². The van der Waals surface area contributed by atoms with E-state index < -0.39 is 0 Å². The topological polar surface area (TPSA) is 32.7 Å². The predicted molar refractivity (Wildman–Crippen MR) is 67.8 cm³/mol. The number of aliphatic hydroxyl groups is 1. The van der Waals surface area contributed by atoms with E-state index in [-0.39, 0.29) is 6.61 Å². The summed E-state index contributed by atoms with van der Waals surface area (Å²) in [5.74, 6) is 0. The van der Waals surface area contributed by atoms with E-state index in [9.17, 15) is 0 Å². The molecule has 0 aliphatic carbocycles. The van der Waals surface area contributed by atoms with Gasteiger partial charge in [-0.3, -0.25) is 4.90 Å². The molecule has 0 radical (unpaired) electrons. The van der Waals surface area contributed by atoms with Crippen LogP contribution in [0, 0.1) is 0 Å². The van der Waals surface area contributed by atoms with Crippen LogP contribution in [0.4, 0.5) is 0 Å². The lowest BCUT2D eigenvalue weighted by molar-refractivity contribution is -0.0163. The average Bonchev–Trinajstić information content (AvgIpc) is 2.38. The maximum atomic E-state index is 8.76. The van der Waals surface area contributed by atoms with Gasteiger partial charge in [0.1, 0.15) is 0 Å². The summed E-state index contributed by atoms with van der Waals surface area (Å²) in [6, 6.07) is 10.5. The second kappa shape index (κ2) is 6.74. The molecule has 0 amide bonds. The van der Waals surface area contributed by atoms with Gasteiger partial charge in [0, 0.05) is 13.1 Å². The lowest BCUT2D eigenvalue weighted by atomic mass is 10.1. The first-order valence-electron chi connectivity index (χ1n) is 6.37. The van der Waals surface area contributed by atoms with Gasteiger partial charge in [-0.2, -0.15) is 0 Å². The lowest BCUT2D eigenvalue weighted by Gasteiger charge is -2.32. The molecule has 3 nitrogen and oxygen atoms in total. The molecule has 94 valence electrons. The number of likely N-dealkylation sites (tertiary alicyclic amines) is 1. The van der Waals surface area contributed by atoms with Gasteiger partial charge in [0.2, 0.25) is 0 Å². The summed E-state index contributed by atoms with van der Waals surface area (Å²) >= 11 is 0. The number of nitrogens with zero attached hydrogens (tertiary/aromatic N) is 1. The first-order valence-corrected chi connectivity index (χ1v) is 6.37. The zero-order chi connectivity index (χ0) is 11.9. The second-order valence-corrected chi connectivity index (χ2v) is 4.58. The fraction of sp³-hybridized carbons (Fsp3) is 0.571. The van der Waals surface area contributed by atoms with Crippen LogP contribution in [0.15, 0.2) is 30.3 Å². The third-order valence-electron chi connectivity index (χ3n) is 3.16. The highest BCUT2D eigenvalue weighted by molar-refractivity contribution is 5.14. The van der Waals surface area contributed by atoms with E-state index in [4.69, 9.17) is 9.84 Å². The van der Waals surface area contributed by atoms with Crippen LogP contribution in [0.5, 0.6) is 0 Å². The molecule has 0 aromatic heterocycles. The normalized spacial score (nSPS) is 21.6. The zero-order valence-electron chi connectivity index (χ0n) is 10.2. The van der Waals surface area contributed by atoms with Gasteiger partial charge in [-0.1, -0.05) is 30.3 Å². The lowest BCUT2D eigenvalue weighted by Crippen LogP contribution is -2.39. The Morgan fingerprint density at radius 2 is 2.12 bits per heavy atom. The van der Waals surface area contributed by atoms with Crippen LogP contribution >= 0.6 is 0 Å². The molecule has 2 rings (SSSR count). The summed E-state index contributed by atoms with van der Waals surface area (Å²) in [5.41, 5.74) is 1.36. The van der Waals surface area contributed by atoms with Crippen molar-refractivity contribution >= 4 is 0 Å². The Hall–Kier alpha value is -0.900. The van der Waals surface area contributed by atoms with E-state index in [0.717, 1.165) is 26.1 Å². The molecule has 0 saturated carbocycles. The van der Waals surface area contributed by atoms with Crippen LogP contribution < -0.4 is 0 Å². The molecular weight excluding hydrogens is 214 g/mol. The Labute approximate surface area is 103 Å². The molecular formula is C14H21NO2. The number of piperidine rings is 1. The molecule has 0 bridgehead atoms. The Kier molecular flexibility index (Phi) is 4.98. The first kappa shape index (κ1) is 12.6. The molecule has 1 aliphatic heterocycles. The van der Waals surface area contributed by atoms with Gasteiger partial charge < -0.3 is 9.84 Å². The molecule has 17 heavy (non-hydrogen) atoms. The van der Waals surface area contributed by atoms with E-state index in [1.54, 1.807) is 0 Å². The van der Waals surface area contributed by atoms with Crippen molar-refractivity contribution in [2.45, 2.75) is 25.5 Å². The van der Waals surface area contributed by atoms with Crippen molar-refractivity contribution in [2.75, 3.05) is 26.3 Å². The fourth-order valence-corrected chi connectivity index (χ4v) is 2.35. The van der Waals surface area contributed by atoms with Crippen molar-refractivity contribution in [2.24, 2.45) is 0 Å². The molecule has 0 spiro atoms. The molecule has 3 heteroatoms. The Balaban J connectivity index is 1.81. The van der Waals surface area contributed by atoms with Crippen molar-refractivity contribution < 1.29 is 9.84 Å². The smallest absolute Gasteiger partial charge is 0.0703 e. The van der Waals surface area contributed by atoms with E-state index in [0.29, 0.717) is 12.7 Å². The second-order valence-electron chi connectivity index (χ2n) is 4.58. The van der Waals surface area contributed by atoms with Gasteiger partial charge >= 0.3 is 0 Å². The Morgan fingerprint density at radius 1 is 1.29 bits per heavy atom. The quantitative estimate of drug-likeness (QED) is 0.842. The highest BCUT2D eigenvalue weighted by Gasteiger charge is 2.19. The average molecular weight is 235 g/mol. The highest BCUT2D eigenvalue weighted by atomic mass is 16.5. The van der Waals surface area contributed by atoms with E-state index in [1.165, 1.54) is 12.0 Å². The number of hydrogen-bond acceptors (Lipinski definition) is 3. The number of aliphatic hydroxyl groups excluding tert-OH is 1. The van der Waals surface area contributed by atoms with Crippen molar-refractivity contribution in [3.8, 4) is 0 Å². The Bertz CT molecular complexity index is 315. The molecule has 1 saturated heterocycles. The van der Waals surface area contributed by atoms with Gasteiger partial charge in [-0.15, -0.1) is 0 Å². The molecule has 1 unspecified atom stereocenters. The van der Waals surface area contributed by atoms with Crippen LogP contribution in [0.3, 0.4) is 0 Å². The third kappa shape index (κ3) is 4.11. The summed E-state index contributed by atoms with van der Waals surface area (Å²) < 4.78 is 5.61. The number of rotatable bonds is 5. The minimum atomic E-state index is 0.120. The maximum absolute atomic E-state index is 8.76. The molecule has 1 fully saturated rings. The monoisotopic (exact) mass is 235 g/mol. The highest BCUT2D eigenvalue weighted by Crippen LogP contribution is 2.15. The summed E-state index contributed by atoms with van der Waals surface area (Å²) in [7, 11) is 0. The SMILES string of the molecule is OCCOC1CCCN(Cc2ccccc2)C1. The summed E-state index contributed by atoms with van der Waals surface area (Å²) in [4.78, 5) is 2.43. The minimum Gasteiger partial charge on any atom is -0.394 e. The van der Waals surface area contributed by atoms with Gasteiger partial charge in [-0.25, -0.2) is 0 Å². The van der Waals surface area contributed by atoms with Gasteiger partial charge in [0.25, 0.3) is 0 Å². The molecule has 1 heterocycles. The standard InChI is InChI=1S/C14H21NO2/c16-9-10-17-14-7-4-8-15(12-14)11-13-5-2-1-3-6-13/h1-3,5-6,14,16H,4,7-12H2. The van der Waals surface area contributed by atoms with E-state index >= 15 is 0 Å². The Morgan fingerprint density at radius 3 is 2.88 bits per heavy atom. The van der Waals surface area contributed by atoms with E-state index in [2.05, 4.69) is 29.2 Å². The molecule has 1 aromatic carbocycles. The number of hydrogen-bond donors (Lipinski definition) is 1.